The summed E-state index contributed by atoms with van der Waals surface area (Å²) in [6.45, 7) is 0. The van der Waals surface area contributed by atoms with Gasteiger partial charge in [0.25, 0.3) is 0 Å². The number of anilines is 1. The van der Waals surface area contributed by atoms with Gasteiger partial charge in [0.15, 0.2) is 0 Å². The first kappa shape index (κ1) is 9.78. The van der Waals surface area contributed by atoms with E-state index in [9.17, 15) is 0 Å². The van der Waals surface area contributed by atoms with E-state index in [0.717, 1.165) is 16.4 Å². The molecule has 82 valence electrons. The molecule has 3 nitrogen and oxygen atoms in total. The molecule has 0 unspecified atom stereocenters. The second kappa shape index (κ2) is 3.87. The monoisotopic (exact) mass is 232 g/mol. The summed E-state index contributed by atoms with van der Waals surface area (Å²) < 4.78 is 4.91. The van der Waals surface area contributed by atoms with Crippen molar-refractivity contribution >= 4 is 17.6 Å². The first-order valence-corrected chi connectivity index (χ1v) is 6.19. The fraction of sp³-hybridized carbons (Fsp3) is 0.250. The highest BCUT2D eigenvalue weighted by atomic mass is 32.2. The number of hydrogen-bond acceptors (Lipinski definition) is 4. The Hall–Kier alpha value is -1.42. The lowest BCUT2D eigenvalue weighted by atomic mass is 10.1. The Bertz CT molecular complexity index is 505. The third kappa shape index (κ3) is 1.80. The van der Waals surface area contributed by atoms with Crippen LogP contribution in [-0.2, 0) is 0 Å². The number of nitrogens with two attached hydrogens (primary N) is 1. The highest BCUT2D eigenvalue weighted by Crippen LogP contribution is 2.43. The van der Waals surface area contributed by atoms with Crippen LogP contribution in [0.15, 0.2) is 39.9 Å². The van der Waals surface area contributed by atoms with Crippen LogP contribution >= 0.6 is 11.8 Å². The average molecular weight is 232 g/mol. The molecule has 3 rings (SSSR count). The minimum Gasteiger partial charge on any atom is -0.367 e. The van der Waals surface area contributed by atoms with Crippen LogP contribution < -0.4 is 5.73 Å². The van der Waals surface area contributed by atoms with Crippen molar-refractivity contribution in [2.45, 2.75) is 23.0 Å². The van der Waals surface area contributed by atoms with Crippen LogP contribution in [-0.4, -0.2) is 10.4 Å². The van der Waals surface area contributed by atoms with E-state index < -0.39 is 0 Å². The molecular formula is C12H12N2OS. The van der Waals surface area contributed by atoms with Gasteiger partial charge in [-0.1, -0.05) is 23.4 Å². The van der Waals surface area contributed by atoms with Crippen molar-refractivity contribution in [3.05, 3.63) is 30.5 Å². The molecule has 2 aromatic rings. The van der Waals surface area contributed by atoms with Crippen LogP contribution in [0.4, 0.5) is 5.88 Å². The Labute approximate surface area is 98.0 Å². The molecule has 1 aliphatic rings. The van der Waals surface area contributed by atoms with Crippen molar-refractivity contribution in [2.24, 2.45) is 0 Å². The maximum Gasteiger partial charge on any atom is 0.229 e. The minimum atomic E-state index is 0.392. The molecule has 0 atom stereocenters. The van der Waals surface area contributed by atoms with E-state index in [1.54, 1.807) is 6.20 Å². The van der Waals surface area contributed by atoms with Crippen LogP contribution in [0.3, 0.4) is 0 Å². The Kier molecular flexibility index (Phi) is 2.36. The maximum atomic E-state index is 5.75. The smallest absolute Gasteiger partial charge is 0.229 e. The van der Waals surface area contributed by atoms with Gasteiger partial charge in [0.05, 0.1) is 11.8 Å². The Morgan fingerprint density at radius 1 is 1.25 bits per heavy atom. The second-order valence-electron chi connectivity index (χ2n) is 3.92. The highest BCUT2D eigenvalue weighted by Gasteiger charge is 2.24. The van der Waals surface area contributed by atoms with Crippen molar-refractivity contribution < 1.29 is 4.52 Å². The van der Waals surface area contributed by atoms with Crippen molar-refractivity contribution in [1.29, 1.82) is 0 Å². The van der Waals surface area contributed by atoms with E-state index in [1.165, 1.54) is 17.7 Å². The second-order valence-corrected chi connectivity index (χ2v) is 5.26. The summed E-state index contributed by atoms with van der Waals surface area (Å²) in [6, 6.07) is 8.26. The summed E-state index contributed by atoms with van der Waals surface area (Å²) in [7, 11) is 0. The van der Waals surface area contributed by atoms with Crippen LogP contribution in [0, 0.1) is 0 Å². The predicted molar refractivity (Wildman–Crippen MR) is 65.2 cm³/mol. The Morgan fingerprint density at radius 3 is 2.75 bits per heavy atom. The SMILES string of the molecule is Nc1oncc1-c1ccccc1SC1CC1. The topological polar surface area (TPSA) is 52.0 Å². The average Bonchev–Trinajstić information content (AvgIpc) is 3.00. The van der Waals surface area contributed by atoms with Gasteiger partial charge in [-0.05, 0) is 18.9 Å². The largest absolute Gasteiger partial charge is 0.367 e. The van der Waals surface area contributed by atoms with Crippen LogP contribution in [0.5, 0.6) is 0 Å². The van der Waals surface area contributed by atoms with Crippen molar-refractivity contribution in [1.82, 2.24) is 5.16 Å². The van der Waals surface area contributed by atoms with Gasteiger partial charge in [-0.25, -0.2) is 0 Å². The molecule has 1 aromatic carbocycles. The maximum absolute atomic E-state index is 5.75. The predicted octanol–water partition coefficient (Wildman–Crippen LogP) is 3.18. The van der Waals surface area contributed by atoms with E-state index >= 15 is 0 Å². The number of nitrogens with zero attached hydrogens (tertiary/aromatic N) is 1. The van der Waals surface area contributed by atoms with Crippen LogP contribution in [0.1, 0.15) is 12.8 Å². The Morgan fingerprint density at radius 2 is 2.06 bits per heavy atom. The van der Waals surface area contributed by atoms with Gasteiger partial charge < -0.3 is 10.3 Å². The molecule has 1 saturated carbocycles. The van der Waals surface area contributed by atoms with Gasteiger partial charge in [-0.2, -0.15) is 0 Å². The molecule has 0 aliphatic heterocycles. The fourth-order valence-electron chi connectivity index (χ4n) is 1.61. The first-order chi connectivity index (χ1) is 7.84. The van der Waals surface area contributed by atoms with E-state index in [2.05, 4.69) is 23.4 Å². The van der Waals surface area contributed by atoms with Gasteiger partial charge in [0, 0.05) is 15.7 Å². The number of hydrogen-bond donors (Lipinski definition) is 1. The molecule has 4 heteroatoms. The van der Waals surface area contributed by atoms with Crippen molar-refractivity contribution in [3.8, 4) is 11.1 Å². The number of nitrogen functional groups attached to an aromatic ring is 1. The number of aromatic nitrogens is 1. The molecule has 0 amide bonds. The molecule has 1 aromatic heterocycles. The van der Waals surface area contributed by atoms with E-state index in [4.69, 9.17) is 10.3 Å². The molecular weight excluding hydrogens is 220 g/mol. The van der Waals surface area contributed by atoms with E-state index in [1.807, 2.05) is 17.8 Å². The normalized spacial score (nSPS) is 15.2. The third-order valence-electron chi connectivity index (χ3n) is 2.59. The van der Waals surface area contributed by atoms with Gasteiger partial charge in [0.2, 0.25) is 5.88 Å². The molecule has 0 radical (unpaired) electrons. The summed E-state index contributed by atoms with van der Waals surface area (Å²) in [4.78, 5) is 1.26. The van der Waals surface area contributed by atoms with Crippen molar-refractivity contribution in [3.63, 3.8) is 0 Å². The summed E-state index contributed by atoms with van der Waals surface area (Å²) in [5.74, 6) is 0.392. The molecule has 2 N–H and O–H groups in total. The number of benzene rings is 1. The highest BCUT2D eigenvalue weighted by molar-refractivity contribution is 8.00. The standard InChI is InChI=1S/C12H12N2OS/c13-12-10(7-14-15-12)9-3-1-2-4-11(9)16-8-5-6-8/h1-4,7-8H,5-6,13H2. The van der Waals surface area contributed by atoms with E-state index in [-0.39, 0.29) is 0 Å². The molecule has 1 heterocycles. The molecule has 1 fully saturated rings. The third-order valence-corrected chi connectivity index (χ3v) is 4.01. The minimum absolute atomic E-state index is 0.392. The Balaban J connectivity index is 2.01. The summed E-state index contributed by atoms with van der Waals surface area (Å²) in [6.07, 6.45) is 4.32. The van der Waals surface area contributed by atoms with Gasteiger partial charge in [0.1, 0.15) is 0 Å². The molecule has 0 bridgehead atoms. The molecule has 1 aliphatic carbocycles. The fourth-order valence-corrected chi connectivity index (χ4v) is 2.80. The quantitative estimate of drug-likeness (QED) is 0.883. The first-order valence-electron chi connectivity index (χ1n) is 5.31. The number of thioether (sulfide) groups is 1. The molecule has 0 saturated heterocycles. The van der Waals surface area contributed by atoms with Gasteiger partial charge in [-0.15, -0.1) is 11.8 Å². The zero-order valence-corrected chi connectivity index (χ0v) is 9.54. The lowest BCUT2D eigenvalue weighted by Gasteiger charge is -2.06. The summed E-state index contributed by atoms with van der Waals surface area (Å²) >= 11 is 1.92. The van der Waals surface area contributed by atoms with Gasteiger partial charge >= 0.3 is 0 Å². The lowest BCUT2D eigenvalue weighted by molar-refractivity contribution is 0.436. The number of rotatable bonds is 3. The van der Waals surface area contributed by atoms with Gasteiger partial charge in [-0.3, -0.25) is 0 Å². The van der Waals surface area contributed by atoms with Crippen molar-refractivity contribution in [2.75, 3.05) is 5.73 Å². The zero-order valence-electron chi connectivity index (χ0n) is 8.72. The summed E-state index contributed by atoms with van der Waals surface area (Å²) in [5, 5.41) is 4.50. The van der Waals surface area contributed by atoms with Crippen LogP contribution in [0.2, 0.25) is 0 Å². The molecule has 16 heavy (non-hydrogen) atoms. The van der Waals surface area contributed by atoms with E-state index in [0.29, 0.717) is 5.88 Å². The molecule has 0 spiro atoms. The lowest BCUT2D eigenvalue weighted by Crippen LogP contribution is -1.87. The zero-order chi connectivity index (χ0) is 11.0. The van der Waals surface area contributed by atoms with Crippen LogP contribution in [0.25, 0.3) is 11.1 Å². The summed E-state index contributed by atoms with van der Waals surface area (Å²) in [5.41, 5.74) is 7.77.